The molecule has 3 rings (SSSR count). The third-order valence-corrected chi connectivity index (χ3v) is 6.24. The van der Waals surface area contributed by atoms with E-state index in [2.05, 4.69) is 27.5 Å². The van der Waals surface area contributed by atoms with Gasteiger partial charge in [-0.1, -0.05) is 20.8 Å². The lowest BCUT2D eigenvalue weighted by Gasteiger charge is -2.30. The zero-order valence-corrected chi connectivity index (χ0v) is 18.2. The standard InChI is InChI=1S/C20H31N3O2S.ClH/c1-19(2,3)11-17(24)22-12-18(25)23(13-15-4-9-26-14-15)16-10-20(16)5-7-21-8-6-20;/h4,9,14,16,21H,5-8,10-13H2,1-3H3,(H,22,24);1H. The van der Waals surface area contributed by atoms with Crippen LogP contribution in [0.25, 0.3) is 0 Å². The maximum Gasteiger partial charge on any atom is 0.242 e. The number of halogens is 1. The summed E-state index contributed by atoms with van der Waals surface area (Å²) in [6.07, 6.45) is 3.81. The highest BCUT2D eigenvalue weighted by Crippen LogP contribution is 2.56. The number of carbonyl (C=O) groups excluding carboxylic acids is 2. The van der Waals surface area contributed by atoms with Crippen LogP contribution in [0.2, 0.25) is 0 Å². The van der Waals surface area contributed by atoms with Gasteiger partial charge in [-0.15, -0.1) is 12.4 Å². The monoisotopic (exact) mass is 413 g/mol. The minimum absolute atomic E-state index is 0. The highest BCUT2D eigenvalue weighted by atomic mass is 35.5. The van der Waals surface area contributed by atoms with Crippen molar-refractivity contribution in [1.82, 2.24) is 15.5 Å². The van der Waals surface area contributed by atoms with Crippen LogP contribution in [0, 0.1) is 10.8 Å². The number of hydrogen-bond acceptors (Lipinski definition) is 4. The van der Waals surface area contributed by atoms with Gasteiger partial charge >= 0.3 is 0 Å². The third-order valence-electron chi connectivity index (χ3n) is 5.50. The van der Waals surface area contributed by atoms with Gasteiger partial charge in [-0.05, 0) is 65.6 Å². The lowest BCUT2D eigenvalue weighted by molar-refractivity contribution is -0.134. The molecule has 2 N–H and O–H groups in total. The molecule has 1 atom stereocenters. The molecule has 2 heterocycles. The van der Waals surface area contributed by atoms with Gasteiger partial charge in [0.25, 0.3) is 0 Å². The molecule has 0 aromatic carbocycles. The Hall–Kier alpha value is -1.11. The van der Waals surface area contributed by atoms with Crippen molar-refractivity contribution in [3.8, 4) is 0 Å². The second-order valence-electron chi connectivity index (χ2n) is 9.00. The van der Waals surface area contributed by atoms with Gasteiger partial charge in [-0.3, -0.25) is 9.59 Å². The number of rotatable bonds is 6. The summed E-state index contributed by atoms with van der Waals surface area (Å²) in [5.41, 5.74) is 1.41. The second-order valence-corrected chi connectivity index (χ2v) is 9.78. The van der Waals surface area contributed by atoms with Crippen LogP contribution in [0.15, 0.2) is 16.8 Å². The van der Waals surface area contributed by atoms with E-state index in [4.69, 9.17) is 0 Å². The summed E-state index contributed by atoms with van der Waals surface area (Å²) in [4.78, 5) is 27.1. The van der Waals surface area contributed by atoms with Crippen LogP contribution in [0.1, 0.15) is 52.0 Å². The van der Waals surface area contributed by atoms with Gasteiger partial charge in [0.1, 0.15) is 0 Å². The number of nitrogens with zero attached hydrogens (tertiary/aromatic N) is 1. The smallest absolute Gasteiger partial charge is 0.242 e. The van der Waals surface area contributed by atoms with Crippen molar-refractivity contribution < 1.29 is 9.59 Å². The van der Waals surface area contributed by atoms with Crippen molar-refractivity contribution in [3.05, 3.63) is 22.4 Å². The van der Waals surface area contributed by atoms with Gasteiger partial charge < -0.3 is 15.5 Å². The predicted molar refractivity (Wildman–Crippen MR) is 112 cm³/mol. The zero-order valence-electron chi connectivity index (χ0n) is 16.5. The van der Waals surface area contributed by atoms with E-state index in [1.165, 1.54) is 5.56 Å². The van der Waals surface area contributed by atoms with Gasteiger partial charge in [-0.2, -0.15) is 11.3 Å². The van der Waals surface area contributed by atoms with E-state index < -0.39 is 0 Å². The van der Waals surface area contributed by atoms with Crippen LogP contribution in [-0.2, 0) is 16.1 Å². The molecule has 5 nitrogen and oxygen atoms in total. The lowest BCUT2D eigenvalue weighted by Crippen LogP contribution is -2.44. The van der Waals surface area contributed by atoms with Crippen molar-refractivity contribution in [1.29, 1.82) is 0 Å². The molecule has 7 heteroatoms. The van der Waals surface area contributed by atoms with Gasteiger partial charge in [0.05, 0.1) is 6.54 Å². The molecule has 27 heavy (non-hydrogen) atoms. The second kappa shape index (κ2) is 8.93. The first-order valence-electron chi connectivity index (χ1n) is 9.57. The Bertz CT molecular complexity index is 636. The van der Waals surface area contributed by atoms with Crippen molar-refractivity contribution in [2.24, 2.45) is 10.8 Å². The Morgan fingerprint density at radius 3 is 2.63 bits per heavy atom. The van der Waals surface area contributed by atoms with E-state index >= 15 is 0 Å². The molecule has 0 bridgehead atoms. The Morgan fingerprint density at radius 2 is 2.04 bits per heavy atom. The van der Waals surface area contributed by atoms with Gasteiger partial charge in [0.15, 0.2) is 0 Å². The van der Waals surface area contributed by atoms with E-state index in [-0.39, 0.29) is 36.2 Å². The van der Waals surface area contributed by atoms with Crippen LogP contribution < -0.4 is 10.6 Å². The molecule has 2 amide bonds. The number of piperidine rings is 1. The first-order chi connectivity index (χ1) is 12.3. The fourth-order valence-electron chi connectivity index (χ4n) is 4.00. The van der Waals surface area contributed by atoms with Gasteiger partial charge in [-0.25, -0.2) is 0 Å². The molecule has 2 aliphatic rings. The summed E-state index contributed by atoms with van der Waals surface area (Å²) in [5.74, 6) is -0.00687. The number of hydrogen-bond donors (Lipinski definition) is 2. The lowest BCUT2D eigenvalue weighted by atomic mass is 9.92. The Labute approximate surface area is 172 Å². The molecular weight excluding hydrogens is 382 g/mol. The molecular formula is C20H32ClN3O2S. The predicted octanol–water partition coefficient (Wildman–Crippen LogP) is 3.19. The fraction of sp³-hybridized carbons (Fsp3) is 0.700. The number of amides is 2. The average Bonchev–Trinajstić information content (AvgIpc) is 3.01. The van der Waals surface area contributed by atoms with Crippen molar-refractivity contribution in [2.75, 3.05) is 19.6 Å². The molecule has 1 aliphatic carbocycles. The van der Waals surface area contributed by atoms with E-state index in [0.29, 0.717) is 24.4 Å². The number of thiophene rings is 1. The van der Waals surface area contributed by atoms with Gasteiger partial charge in [0, 0.05) is 19.0 Å². The molecule has 1 unspecified atom stereocenters. The Morgan fingerprint density at radius 1 is 1.33 bits per heavy atom. The maximum absolute atomic E-state index is 12.9. The Kier molecular flexibility index (Phi) is 7.33. The van der Waals surface area contributed by atoms with Crippen molar-refractivity contribution in [2.45, 2.75) is 59.0 Å². The van der Waals surface area contributed by atoms with Crippen LogP contribution in [0.4, 0.5) is 0 Å². The fourth-order valence-corrected chi connectivity index (χ4v) is 4.66. The summed E-state index contributed by atoms with van der Waals surface area (Å²) in [7, 11) is 0. The zero-order chi connectivity index (χ0) is 18.8. The van der Waals surface area contributed by atoms with E-state index in [1.54, 1.807) is 11.3 Å². The summed E-state index contributed by atoms with van der Waals surface area (Å²) in [6, 6.07) is 2.40. The molecule has 1 aromatic rings. The first-order valence-corrected chi connectivity index (χ1v) is 10.5. The molecule has 152 valence electrons. The molecule has 1 spiro atoms. The molecule has 1 saturated heterocycles. The Balaban J connectivity index is 0.00000261. The summed E-state index contributed by atoms with van der Waals surface area (Å²) in [6.45, 7) is 8.92. The summed E-state index contributed by atoms with van der Waals surface area (Å²) >= 11 is 1.66. The van der Waals surface area contributed by atoms with Crippen LogP contribution >= 0.6 is 23.7 Å². The SMILES string of the molecule is CC(C)(C)CC(=O)NCC(=O)N(Cc1ccsc1)C1CC12CCNCC2.Cl. The van der Waals surface area contributed by atoms with Gasteiger partial charge in [0.2, 0.25) is 11.8 Å². The maximum atomic E-state index is 12.9. The van der Waals surface area contributed by atoms with Crippen molar-refractivity contribution >= 4 is 35.6 Å². The molecule has 1 aliphatic heterocycles. The number of carbonyl (C=O) groups is 2. The molecule has 1 saturated carbocycles. The largest absolute Gasteiger partial charge is 0.347 e. The minimum Gasteiger partial charge on any atom is -0.347 e. The molecule has 0 radical (unpaired) electrons. The quantitative estimate of drug-likeness (QED) is 0.752. The van der Waals surface area contributed by atoms with Crippen molar-refractivity contribution in [3.63, 3.8) is 0 Å². The summed E-state index contributed by atoms with van der Waals surface area (Å²) in [5, 5.41) is 10.4. The highest BCUT2D eigenvalue weighted by molar-refractivity contribution is 7.07. The van der Waals surface area contributed by atoms with E-state index in [1.807, 2.05) is 25.7 Å². The third kappa shape index (κ3) is 5.93. The van der Waals surface area contributed by atoms with Crippen LogP contribution in [-0.4, -0.2) is 42.4 Å². The molecule has 2 fully saturated rings. The topological polar surface area (TPSA) is 61.4 Å². The van der Waals surface area contributed by atoms with E-state index in [0.717, 1.165) is 32.4 Å². The average molecular weight is 414 g/mol. The van der Waals surface area contributed by atoms with Crippen LogP contribution in [0.5, 0.6) is 0 Å². The minimum atomic E-state index is -0.0703. The van der Waals surface area contributed by atoms with E-state index in [9.17, 15) is 9.59 Å². The highest BCUT2D eigenvalue weighted by Gasteiger charge is 2.57. The molecule has 1 aromatic heterocycles. The first kappa shape index (κ1) is 22.2. The van der Waals surface area contributed by atoms with Crippen LogP contribution in [0.3, 0.4) is 0 Å². The normalized spacial score (nSPS) is 20.6. The summed E-state index contributed by atoms with van der Waals surface area (Å²) < 4.78 is 0. The number of nitrogens with one attached hydrogen (secondary N) is 2.